The van der Waals surface area contributed by atoms with Crippen LogP contribution in [0.25, 0.3) is 0 Å². The van der Waals surface area contributed by atoms with Crippen molar-refractivity contribution in [2.45, 2.75) is 24.0 Å². The van der Waals surface area contributed by atoms with Crippen LogP contribution >= 0.6 is 11.8 Å². The fourth-order valence-electron chi connectivity index (χ4n) is 1.19. The van der Waals surface area contributed by atoms with E-state index in [1.807, 2.05) is 19.1 Å². The summed E-state index contributed by atoms with van der Waals surface area (Å²) in [4.78, 5) is 12.7. The largest absolute Gasteiger partial charge is 0.352 e. The van der Waals surface area contributed by atoms with Gasteiger partial charge in [-0.15, -0.1) is 18.3 Å². The van der Waals surface area contributed by atoms with Gasteiger partial charge in [0.1, 0.15) is 0 Å². The summed E-state index contributed by atoms with van der Waals surface area (Å²) in [5.74, 6) is 0.0467. The van der Waals surface area contributed by atoms with Gasteiger partial charge in [-0.1, -0.05) is 23.8 Å². The topological polar surface area (TPSA) is 29.1 Å². The van der Waals surface area contributed by atoms with E-state index in [0.717, 1.165) is 4.90 Å². The van der Waals surface area contributed by atoms with E-state index >= 15 is 0 Å². The molecular weight excluding hydrogens is 218 g/mol. The normalized spacial score (nSPS) is 11.9. The van der Waals surface area contributed by atoms with Gasteiger partial charge < -0.3 is 5.32 Å². The molecule has 0 aliphatic carbocycles. The van der Waals surface area contributed by atoms with Gasteiger partial charge in [-0.2, -0.15) is 0 Å². The molecule has 1 aromatic carbocycles. The minimum Gasteiger partial charge on any atom is -0.352 e. The summed E-state index contributed by atoms with van der Waals surface area (Å²) in [7, 11) is 0. The van der Waals surface area contributed by atoms with Crippen LogP contribution in [0.1, 0.15) is 12.5 Å². The monoisotopic (exact) mass is 235 g/mol. The van der Waals surface area contributed by atoms with Crippen LogP contribution in [0.5, 0.6) is 0 Å². The first kappa shape index (κ1) is 12.8. The summed E-state index contributed by atoms with van der Waals surface area (Å²) in [6, 6.07) is 8.18. The number of amides is 1. The smallest absolute Gasteiger partial charge is 0.233 e. The molecular formula is C13H17NOS. The lowest BCUT2D eigenvalue weighted by atomic mass is 10.2. The Morgan fingerprint density at radius 1 is 1.50 bits per heavy atom. The second kappa shape index (κ2) is 6.38. The van der Waals surface area contributed by atoms with Gasteiger partial charge in [0, 0.05) is 11.4 Å². The van der Waals surface area contributed by atoms with Crippen molar-refractivity contribution >= 4 is 17.7 Å². The average Bonchev–Trinajstić information content (AvgIpc) is 2.29. The van der Waals surface area contributed by atoms with Crippen LogP contribution in [0.3, 0.4) is 0 Å². The Morgan fingerprint density at radius 3 is 2.69 bits per heavy atom. The molecule has 0 heterocycles. The Kier molecular flexibility index (Phi) is 5.12. The van der Waals surface area contributed by atoms with Crippen LogP contribution in [0.2, 0.25) is 0 Å². The zero-order valence-electron chi connectivity index (χ0n) is 9.69. The van der Waals surface area contributed by atoms with Gasteiger partial charge in [-0.25, -0.2) is 0 Å². The highest BCUT2D eigenvalue weighted by Gasteiger charge is 2.12. The van der Waals surface area contributed by atoms with E-state index in [1.165, 1.54) is 5.56 Å². The molecule has 0 aromatic heterocycles. The lowest BCUT2D eigenvalue weighted by Crippen LogP contribution is -2.30. The van der Waals surface area contributed by atoms with Crippen LogP contribution < -0.4 is 5.32 Å². The Morgan fingerprint density at radius 2 is 2.12 bits per heavy atom. The van der Waals surface area contributed by atoms with E-state index in [2.05, 4.69) is 31.0 Å². The minimum absolute atomic E-state index is 0.0467. The summed E-state index contributed by atoms with van der Waals surface area (Å²) in [6.07, 6.45) is 1.68. The first-order chi connectivity index (χ1) is 7.63. The second-order valence-electron chi connectivity index (χ2n) is 3.61. The molecule has 2 nitrogen and oxygen atoms in total. The predicted molar refractivity (Wildman–Crippen MR) is 69.7 cm³/mol. The van der Waals surface area contributed by atoms with Crippen molar-refractivity contribution < 1.29 is 4.79 Å². The lowest BCUT2D eigenvalue weighted by molar-refractivity contribution is -0.120. The number of hydrogen-bond donors (Lipinski definition) is 1. The molecule has 0 saturated carbocycles. The van der Waals surface area contributed by atoms with Gasteiger partial charge >= 0.3 is 0 Å². The minimum atomic E-state index is -0.0809. The van der Waals surface area contributed by atoms with Gasteiger partial charge in [0.15, 0.2) is 0 Å². The van der Waals surface area contributed by atoms with E-state index in [-0.39, 0.29) is 11.2 Å². The van der Waals surface area contributed by atoms with E-state index < -0.39 is 0 Å². The Balaban J connectivity index is 2.50. The summed E-state index contributed by atoms with van der Waals surface area (Å²) < 4.78 is 0. The van der Waals surface area contributed by atoms with Crippen molar-refractivity contribution in [1.82, 2.24) is 5.32 Å². The number of carbonyl (C=O) groups is 1. The molecule has 1 rings (SSSR count). The summed E-state index contributed by atoms with van der Waals surface area (Å²) in [5.41, 5.74) is 1.23. The fourth-order valence-corrected chi connectivity index (χ4v) is 2.08. The SMILES string of the molecule is C=CCNC(=O)[C@H](C)Sc1ccc(C)cc1. The van der Waals surface area contributed by atoms with Crippen LogP contribution in [-0.4, -0.2) is 17.7 Å². The van der Waals surface area contributed by atoms with Crippen molar-refractivity contribution in [1.29, 1.82) is 0 Å². The van der Waals surface area contributed by atoms with E-state index in [4.69, 9.17) is 0 Å². The molecule has 0 bridgehead atoms. The highest BCUT2D eigenvalue weighted by atomic mass is 32.2. The third-order valence-electron chi connectivity index (χ3n) is 2.12. The summed E-state index contributed by atoms with van der Waals surface area (Å²) >= 11 is 1.56. The molecule has 16 heavy (non-hydrogen) atoms. The summed E-state index contributed by atoms with van der Waals surface area (Å²) in [6.45, 7) is 8.05. The molecule has 1 atom stereocenters. The summed E-state index contributed by atoms with van der Waals surface area (Å²) in [5, 5.41) is 2.71. The molecule has 1 aromatic rings. The maximum Gasteiger partial charge on any atom is 0.233 e. The van der Waals surface area contributed by atoms with Crippen LogP contribution in [0.15, 0.2) is 41.8 Å². The number of carbonyl (C=O) groups excluding carboxylic acids is 1. The number of rotatable bonds is 5. The molecule has 0 unspecified atom stereocenters. The molecule has 3 heteroatoms. The third-order valence-corrected chi connectivity index (χ3v) is 3.24. The van der Waals surface area contributed by atoms with E-state index in [1.54, 1.807) is 17.8 Å². The predicted octanol–water partition coefficient (Wildman–Crippen LogP) is 2.78. The first-order valence-corrected chi connectivity index (χ1v) is 6.13. The Bertz CT molecular complexity index is 359. The molecule has 0 spiro atoms. The zero-order chi connectivity index (χ0) is 12.0. The van der Waals surface area contributed by atoms with Gasteiger partial charge in [-0.05, 0) is 26.0 Å². The molecule has 1 amide bonds. The molecule has 0 aliphatic rings. The van der Waals surface area contributed by atoms with Gasteiger partial charge in [0.05, 0.1) is 5.25 Å². The number of aryl methyl sites for hydroxylation is 1. The first-order valence-electron chi connectivity index (χ1n) is 5.25. The van der Waals surface area contributed by atoms with E-state index in [9.17, 15) is 4.79 Å². The standard InChI is InChI=1S/C13H17NOS/c1-4-9-14-13(15)11(3)16-12-7-5-10(2)6-8-12/h4-8,11H,1,9H2,2-3H3,(H,14,15)/t11-/m0/s1. The van der Waals surface area contributed by atoms with Crippen molar-refractivity contribution in [2.75, 3.05) is 6.54 Å². The van der Waals surface area contributed by atoms with Gasteiger partial charge in [-0.3, -0.25) is 4.79 Å². The highest BCUT2D eigenvalue weighted by Crippen LogP contribution is 2.23. The second-order valence-corrected chi connectivity index (χ2v) is 5.02. The van der Waals surface area contributed by atoms with Crippen molar-refractivity contribution in [3.63, 3.8) is 0 Å². The van der Waals surface area contributed by atoms with Gasteiger partial charge in [0.25, 0.3) is 0 Å². The third kappa shape index (κ3) is 4.11. The molecule has 86 valence electrons. The zero-order valence-corrected chi connectivity index (χ0v) is 10.5. The maximum atomic E-state index is 11.6. The van der Waals surface area contributed by atoms with Crippen LogP contribution in [0.4, 0.5) is 0 Å². The quantitative estimate of drug-likeness (QED) is 0.628. The van der Waals surface area contributed by atoms with Crippen molar-refractivity contribution in [3.05, 3.63) is 42.5 Å². The average molecular weight is 235 g/mol. The number of thioether (sulfide) groups is 1. The molecule has 0 saturated heterocycles. The molecule has 0 fully saturated rings. The lowest BCUT2D eigenvalue weighted by Gasteiger charge is -2.10. The number of hydrogen-bond acceptors (Lipinski definition) is 2. The molecule has 0 aliphatic heterocycles. The van der Waals surface area contributed by atoms with Gasteiger partial charge in [0.2, 0.25) is 5.91 Å². The number of nitrogens with one attached hydrogen (secondary N) is 1. The van der Waals surface area contributed by atoms with Crippen LogP contribution in [0, 0.1) is 6.92 Å². The van der Waals surface area contributed by atoms with Crippen molar-refractivity contribution in [2.24, 2.45) is 0 Å². The highest BCUT2D eigenvalue weighted by molar-refractivity contribution is 8.00. The van der Waals surface area contributed by atoms with Crippen molar-refractivity contribution in [3.8, 4) is 0 Å². The Hall–Kier alpha value is -1.22. The fraction of sp³-hybridized carbons (Fsp3) is 0.308. The number of benzene rings is 1. The van der Waals surface area contributed by atoms with E-state index in [0.29, 0.717) is 6.54 Å². The maximum absolute atomic E-state index is 11.6. The molecule has 1 N–H and O–H groups in total. The van der Waals surface area contributed by atoms with Crippen LogP contribution in [-0.2, 0) is 4.79 Å². The Labute approximate surface area is 101 Å². The molecule has 0 radical (unpaired) electrons.